The second-order valence-corrected chi connectivity index (χ2v) is 6.18. The normalized spacial score (nSPS) is 10.4. The molecule has 0 fully saturated rings. The van der Waals surface area contributed by atoms with Crippen LogP contribution in [0.2, 0.25) is 0 Å². The van der Waals surface area contributed by atoms with Crippen LogP contribution < -0.4 is 0 Å². The second-order valence-electron chi connectivity index (χ2n) is 5.15. The summed E-state index contributed by atoms with van der Waals surface area (Å²) in [5.74, 6) is 0.0489. The Kier molecular flexibility index (Phi) is 4.35. The van der Waals surface area contributed by atoms with Gasteiger partial charge in [0.2, 0.25) is 0 Å². The first-order chi connectivity index (χ1) is 10.8. The number of rotatable bonds is 4. The van der Waals surface area contributed by atoms with Crippen LogP contribution in [0.15, 0.2) is 72.1 Å². The summed E-state index contributed by atoms with van der Waals surface area (Å²) in [5, 5.41) is 2.03. The van der Waals surface area contributed by atoms with Crippen LogP contribution >= 0.6 is 11.3 Å². The van der Waals surface area contributed by atoms with Crippen LogP contribution in [0, 0.1) is 0 Å². The number of carbonyl (C=O) groups is 1. The smallest absolute Gasteiger partial charge is 0.254 e. The molecule has 0 aliphatic heterocycles. The molecule has 0 spiro atoms. The quantitative estimate of drug-likeness (QED) is 0.685. The molecule has 2 nitrogen and oxygen atoms in total. The van der Waals surface area contributed by atoms with Gasteiger partial charge >= 0.3 is 0 Å². The van der Waals surface area contributed by atoms with Gasteiger partial charge in [-0.05, 0) is 28.6 Å². The molecule has 0 radical (unpaired) electrons. The fraction of sp³-hybridized carbons (Fsp3) is 0.105. The Hall–Kier alpha value is -2.39. The molecule has 1 aromatic heterocycles. The maximum atomic E-state index is 12.8. The Balaban J connectivity index is 1.90. The Bertz CT molecular complexity index is 750. The Morgan fingerprint density at radius 2 is 1.68 bits per heavy atom. The van der Waals surface area contributed by atoms with Gasteiger partial charge in [0.15, 0.2) is 0 Å². The third-order valence-corrected chi connectivity index (χ3v) is 4.42. The first-order valence-corrected chi connectivity index (χ1v) is 8.06. The average molecular weight is 307 g/mol. The van der Waals surface area contributed by atoms with E-state index in [9.17, 15) is 4.79 Å². The number of hydrogen-bond donors (Lipinski definition) is 0. The van der Waals surface area contributed by atoms with Crippen molar-refractivity contribution in [3.05, 3.63) is 82.6 Å². The maximum Gasteiger partial charge on any atom is 0.254 e. The highest BCUT2D eigenvalue weighted by Gasteiger charge is 2.16. The summed E-state index contributed by atoms with van der Waals surface area (Å²) >= 11 is 1.67. The van der Waals surface area contributed by atoms with Crippen molar-refractivity contribution in [2.75, 3.05) is 7.05 Å². The van der Waals surface area contributed by atoms with Gasteiger partial charge in [-0.25, -0.2) is 0 Å². The molecule has 3 rings (SSSR count). The summed E-state index contributed by atoms with van der Waals surface area (Å²) in [7, 11) is 1.85. The lowest BCUT2D eigenvalue weighted by Gasteiger charge is -2.18. The third kappa shape index (κ3) is 3.10. The van der Waals surface area contributed by atoms with Gasteiger partial charge in [0, 0.05) is 17.5 Å². The lowest BCUT2D eigenvalue weighted by Crippen LogP contribution is -2.26. The number of carbonyl (C=O) groups excluding carboxylic acids is 1. The number of benzene rings is 2. The average Bonchev–Trinajstić information content (AvgIpc) is 3.08. The molecule has 1 heterocycles. The molecule has 1 amide bonds. The standard InChI is InChI=1S/C19H17NOS/c1-20(14-16-10-7-13-22-16)19(21)18-12-6-5-11-17(18)15-8-3-2-4-9-15/h2-13H,14H2,1H3. The number of amides is 1. The van der Waals surface area contributed by atoms with Gasteiger partial charge in [-0.3, -0.25) is 4.79 Å². The molecular weight excluding hydrogens is 290 g/mol. The molecule has 3 aromatic rings. The monoisotopic (exact) mass is 307 g/mol. The van der Waals surface area contributed by atoms with Gasteiger partial charge < -0.3 is 4.90 Å². The number of hydrogen-bond acceptors (Lipinski definition) is 2. The van der Waals surface area contributed by atoms with Crippen LogP contribution in [0.25, 0.3) is 11.1 Å². The van der Waals surface area contributed by atoms with Crippen molar-refractivity contribution in [1.82, 2.24) is 4.90 Å². The lowest BCUT2D eigenvalue weighted by molar-refractivity contribution is 0.0787. The molecule has 0 saturated carbocycles. The van der Waals surface area contributed by atoms with Gasteiger partial charge in [0.25, 0.3) is 5.91 Å². The predicted molar refractivity (Wildman–Crippen MR) is 92.0 cm³/mol. The maximum absolute atomic E-state index is 12.8. The largest absolute Gasteiger partial charge is 0.337 e. The predicted octanol–water partition coefficient (Wildman–Crippen LogP) is 4.69. The number of nitrogens with zero attached hydrogens (tertiary/aromatic N) is 1. The van der Waals surface area contributed by atoms with Gasteiger partial charge in [0.1, 0.15) is 0 Å². The van der Waals surface area contributed by atoms with Crippen molar-refractivity contribution < 1.29 is 4.79 Å². The summed E-state index contributed by atoms with van der Waals surface area (Å²) in [4.78, 5) is 15.8. The molecule has 3 heteroatoms. The molecule has 0 N–H and O–H groups in total. The molecule has 0 unspecified atom stereocenters. The van der Waals surface area contributed by atoms with Gasteiger partial charge in [-0.1, -0.05) is 54.6 Å². The van der Waals surface area contributed by atoms with E-state index in [1.807, 2.05) is 73.1 Å². The van der Waals surface area contributed by atoms with Crippen molar-refractivity contribution in [2.24, 2.45) is 0 Å². The molecule has 2 aromatic carbocycles. The minimum atomic E-state index is 0.0489. The van der Waals surface area contributed by atoms with E-state index >= 15 is 0 Å². The van der Waals surface area contributed by atoms with E-state index in [2.05, 4.69) is 6.07 Å². The first-order valence-electron chi connectivity index (χ1n) is 7.18. The summed E-state index contributed by atoms with van der Waals surface area (Å²) in [6, 6.07) is 21.9. The third-order valence-electron chi connectivity index (χ3n) is 3.56. The van der Waals surface area contributed by atoms with Crippen LogP contribution in [0.3, 0.4) is 0 Å². The zero-order valence-corrected chi connectivity index (χ0v) is 13.2. The molecule has 0 aliphatic rings. The topological polar surface area (TPSA) is 20.3 Å². The molecule has 22 heavy (non-hydrogen) atoms. The second kappa shape index (κ2) is 6.58. The summed E-state index contributed by atoms with van der Waals surface area (Å²) in [5.41, 5.74) is 2.79. The zero-order chi connectivity index (χ0) is 15.4. The summed E-state index contributed by atoms with van der Waals surface area (Å²) < 4.78 is 0. The summed E-state index contributed by atoms with van der Waals surface area (Å²) in [6.45, 7) is 0.639. The Labute approximate surface area is 134 Å². The van der Waals surface area contributed by atoms with Crippen molar-refractivity contribution in [3.63, 3.8) is 0 Å². The van der Waals surface area contributed by atoms with Crippen LogP contribution in [0.5, 0.6) is 0 Å². The van der Waals surface area contributed by atoms with Crippen molar-refractivity contribution in [3.8, 4) is 11.1 Å². The van der Waals surface area contributed by atoms with E-state index < -0.39 is 0 Å². The molecular formula is C19H17NOS. The first kappa shape index (κ1) is 14.5. The van der Waals surface area contributed by atoms with Crippen LogP contribution in [-0.4, -0.2) is 17.9 Å². The highest BCUT2D eigenvalue weighted by molar-refractivity contribution is 7.09. The molecule has 0 aliphatic carbocycles. The molecule has 0 bridgehead atoms. The number of thiophene rings is 1. The summed E-state index contributed by atoms with van der Waals surface area (Å²) in [6.07, 6.45) is 0. The molecule has 0 saturated heterocycles. The Morgan fingerprint density at radius 3 is 2.41 bits per heavy atom. The lowest BCUT2D eigenvalue weighted by atomic mass is 9.99. The highest BCUT2D eigenvalue weighted by Crippen LogP contribution is 2.25. The van der Waals surface area contributed by atoms with E-state index in [4.69, 9.17) is 0 Å². The van der Waals surface area contributed by atoms with E-state index in [0.717, 1.165) is 16.7 Å². The van der Waals surface area contributed by atoms with Crippen LogP contribution in [-0.2, 0) is 6.54 Å². The van der Waals surface area contributed by atoms with E-state index in [1.54, 1.807) is 16.2 Å². The SMILES string of the molecule is CN(Cc1cccs1)C(=O)c1ccccc1-c1ccccc1. The Morgan fingerprint density at radius 1 is 0.955 bits per heavy atom. The zero-order valence-electron chi connectivity index (χ0n) is 12.4. The van der Waals surface area contributed by atoms with E-state index in [0.29, 0.717) is 6.54 Å². The van der Waals surface area contributed by atoms with Crippen molar-refractivity contribution >= 4 is 17.2 Å². The minimum Gasteiger partial charge on any atom is -0.337 e. The van der Waals surface area contributed by atoms with Gasteiger partial charge in [-0.15, -0.1) is 11.3 Å². The minimum absolute atomic E-state index is 0.0489. The van der Waals surface area contributed by atoms with Gasteiger partial charge in [-0.2, -0.15) is 0 Å². The van der Waals surface area contributed by atoms with Crippen molar-refractivity contribution in [1.29, 1.82) is 0 Å². The molecule has 0 atom stereocenters. The van der Waals surface area contributed by atoms with Crippen LogP contribution in [0.4, 0.5) is 0 Å². The fourth-order valence-electron chi connectivity index (χ4n) is 2.45. The highest BCUT2D eigenvalue weighted by atomic mass is 32.1. The van der Waals surface area contributed by atoms with Crippen molar-refractivity contribution in [2.45, 2.75) is 6.54 Å². The van der Waals surface area contributed by atoms with E-state index in [-0.39, 0.29) is 5.91 Å². The van der Waals surface area contributed by atoms with Gasteiger partial charge in [0.05, 0.1) is 6.54 Å². The van der Waals surface area contributed by atoms with E-state index in [1.165, 1.54) is 4.88 Å². The molecule has 110 valence electrons. The fourth-order valence-corrected chi connectivity index (χ4v) is 3.21. The van der Waals surface area contributed by atoms with Crippen LogP contribution in [0.1, 0.15) is 15.2 Å².